The Hall–Kier alpha value is -3.62. The number of hydrogen-bond acceptors (Lipinski definition) is 6. The fourth-order valence-corrected chi connectivity index (χ4v) is 3.32. The summed E-state index contributed by atoms with van der Waals surface area (Å²) in [7, 11) is 0. The molecule has 1 aromatic carbocycles. The lowest BCUT2D eigenvalue weighted by Gasteiger charge is -2.17. The van der Waals surface area contributed by atoms with E-state index >= 15 is 0 Å². The molecule has 0 radical (unpaired) electrons. The number of aromatic nitrogens is 4. The van der Waals surface area contributed by atoms with Crippen LogP contribution in [0.1, 0.15) is 37.4 Å². The van der Waals surface area contributed by atoms with Gasteiger partial charge in [0.05, 0.1) is 23.9 Å². The van der Waals surface area contributed by atoms with Crippen molar-refractivity contribution in [2.24, 2.45) is 5.73 Å². The molecule has 0 saturated heterocycles. The summed E-state index contributed by atoms with van der Waals surface area (Å²) < 4.78 is 13.4. The third kappa shape index (κ3) is 3.98. The van der Waals surface area contributed by atoms with E-state index in [1.54, 1.807) is 19.2 Å². The molecule has 29 heavy (non-hydrogen) atoms. The first-order chi connectivity index (χ1) is 13.9. The molecular formula is C20H22N6O3. The Morgan fingerprint density at radius 3 is 2.86 bits per heavy atom. The highest BCUT2D eigenvalue weighted by atomic mass is 16.5. The topological polar surface area (TPSA) is 121 Å². The van der Waals surface area contributed by atoms with Gasteiger partial charge in [0.1, 0.15) is 11.6 Å². The molecule has 9 nitrogen and oxygen atoms in total. The molecule has 1 aliphatic heterocycles. The summed E-state index contributed by atoms with van der Waals surface area (Å²) in [6.45, 7) is 5.65. The van der Waals surface area contributed by atoms with Gasteiger partial charge in [0, 0.05) is 36.9 Å². The van der Waals surface area contributed by atoms with Crippen molar-refractivity contribution in [1.82, 2.24) is 19.7 Å². The zero-order valence-corrected chi connectivity index (χ0v) is 16.4. The predicted octanol–water partition coefficient (Wildman–Crippen LogP) is 3.33. The second-order valence-corrected chi connectivity index (χ2v) is 7.14. The minimum atomic E-state index is -0.634. The van der Waals surface area contributed by atoms with Gasteiger partial charge in [-0.15, -0.1) is 10.2 Å². The van der Waals surface area contributed by atoms with Gasteiger partial charge in [0.2, 0.25) is 11.8 Å². The summed E-state index contributed by atoms with van der Waals surface area (Å²) in [4.78, 5) is 15.9. The van der Waals surface area contributed by atoms with Crippen LogP contribution in [0.4, 0.5) is 10.5 Å². The molecule has 3 aromatic rings. The van der Waals surface area contributed by atoms with Gasteiger partial charge < -0.3 is 24.8 Å². The number of carbonyl (C=O) groups excluding carboxylic acids is 1. The summed E-state index contributed by atoms with van der Waals surface area (Å²) in [5.74, 6) is 2.62. The molecular weight excluding hydrogens is 372 g/mol. The molecule has 4 rings (SSSR count). The number of urea groups is 1. The maximum absolute atomic E-state index is 11.3. The first-order valence-electron chi connectivity index (χ1n) is 9.32. The second-order valence-electron chi connectivity index (χ2n) is 7.14. The van der Waals surface area contributed by atoms with Crippen molar-refractivity contribution in [3.63, 3.8) is 0 Å². The minimum Gasteiger partial charge on any atom is -0.491 e. The van der Waals surface area contributed by atoms with Crippen LogP contribution in [0.3, 0.4) is 0 Å². The highest BCUT2D eigenvalue weighted by Gasteiger charge is 2.24. The van der Waals surface area contributed by atoms with Crippen LogP contribution in [0.15, 0.2) is 34.9 Å². The molecule has 1 unspecified atom stereocenters. The lowest BCUT2D eigenvalue weighted by molar-refractivity contribution is 0.242. The largest absolute Gasteiger partial charge is 0.491 e. The molecule has 1 atom stereocenters. The number of nitrogens with zero attached hydrogens (tertiary/aromatic N) is 4. The molecule has 3 N–H and O–H groups in total. The number of nitrogens with one attached hydrogen (secondary N) is 1. The number of primary amides is 1. The number of nitrogens with two attached hydrogens (primary N) is 1. The van der Waals surface area contributed by atoms with Crippen molar-refractivity contribution < 1.29 is 13.9 Å². The van der Waals surface area contributed by atoms with Gasteiger partial charge in [0.25, 0.3) is 0 Å². The third-order valence-corrected chi connectivity index (χ3v) is 4.44. The molecule has 0 saturated carbocycles. The molecule has 9 heteroatoms. The third-order valence-electron chi connectivity index (χ3n) is 4.44. The quantitative estimate of drug-likeness (QED) is 0.685. The van der Waals surface area contributed by atoms with Crippen LogP contribution >= 0.6 is 0 Å². The Kier molecular flexibility index (Phi) is 4.79. The van der Waals surface area contributed by atoms with E-state index in [9.17, 15) is 4.79 Å². The highest BCUT2D eigenvalue weighted by Crippen LogP contribution is 2.33. The van der Waals surface area contributed by atoms with E-state index in [0.29, 0.717) is 29.6 Å². The Balaban J connectivity index is 1.69. The maximum atomic E-state index is 11.3. The van der Waals surface area contributed by atoms with Gasteiger partial charge in [-0.05, 0) is 26.0 Å². The van der Waals surface area contributed by atoms with Gasteiger partial charge in [-0.3, -0.25) is 0 Å². The lowest BCUT2D eigenvalue weighted by atomic mass is 10.0. The number of allylic oxidation sites excluding steroid dienone is 1. The lowest BCUT2D eigenvalue weighted by Crippen LogP contribution is -2.19. The Morgan fingerprint density at radius 1 is 1.34 bits per heavy atom. The summed E-state index contributed by atoms with van der Waals surface area (Å²) in [6, 6.07) is 4.86. The first kappa shape index (κ1) is 18.7. The molecule has 1 aliphatic rings. The summed E-state index contributed by atoms with van der Waals surface area (Å²) in [5, 5.41) is 10.6. The normalized spacial score (nSPS) is 15.4. The number of benzene rings is 1. The Morgan fingerprint density at radius 2 is 2.17 bits per heavy atom. The van der Waals surface area contributed by atoms with E-state index in [0.717, 1.165) is 17.1 Å². The summed E-state index contributed by atoms with van der Waals surface area (Å²) >= 11 is 0. The highest BCUT2D eigenvalue weighted by molar-refractivity contribution is 5.89. The summed E-state index contributed by atoms with van der Waals surface area (Å²) in [6.07, 6.45) is 6.39. The molecule has 0 fully saturated rings. The Bertz CT molecular complexity index is 1080. The van der Waals surface area contributed by atoms with Gasteiger partial charge in [-0.25, -0.2) is 9.78 Å². The zero-order chi connectivity index (χ0) is 20.5. The van der Waals surface area contributed by atoms with E-state index < -0.39 is 6.03 Å². The number of imidazole rings is 1. The number of carbonyl (C=O) groups is 1. The van der Waals surface area contributed by atoms with Gasteiger partial charge >= 0.3 is 6.03 Å². The van der Waals surface area contributed by atoms with Gasteiger partial charge in [-0.1, -0.05) is 6.08 Å². The van der Waals surface area contributed by atoms with E-state index in [4.69, 9.17) is 14.9 Å². The molecule has 0 spiro atoms. The molecule has 0 bridgehead atoms. The number of aryl methyl sites for hydroxylation is 1. The number of fused-ring (bicyclic) bond motifs is 1. The number of anilines is 1. The number of amides is 2. The average molecular weight is 394 g/mol. The smallest absolute Gasteiger partial charge is 0.316 e. The van der Waals surface area contributed by atoms with E-state index in [1.165, 1.54) is 0 Å². The van der Waals surface area contributed by atoms with Crippen molar-refractivity contribution >= 4 is 17.9 Å². The van der Waals surface area contributed by atoms with Crippen LogP contribution in [-0.4, -0.2) is 31.9 Å². The van der Waals surface area contributed by atoms with Crippen molar-refractivity contribution in [2.45, 2.75) is 39.2 Å². The fraction of sp³-hybridized carbons (Fsp3) is 0.300. The Labute approximate surface area is 167 Å². The van der Waals surface area contributed by atoms with Gasteiger partial charge in [-0.2, -0.15) is 0 Å². The van der Waals surface area contributed by atoms with Crippen LogP contribution in [-0.2, 0) is 6.42 Å². The maximum Gasteiger partial charge on any atom is 0.316 e. The first-order valence-corrected chi connectivity index (χ1v) is 9.32. The molecule has 2 aromatic heterocycles. The van der Waals surface area contributed by atoms with E-state index in [-0.39, 0.29) is 12.0 Å². The predicted molar refractivity (Wildman–Crippen MR) is 107 cm³/mol. The minimum absolute atomic E-state index is 0.00968. The van der Waals surface area contributed by atoms with Crippen molar-refractivity contribution in [3.8, 4) is 17.0 Å². The SMILES string of the molecule is Cc1nnc(C2C=Cn3c(-c4cc(NC(N)=O)cc(OC(C)C)c4)cnc3C2)o1. The summed E-state index contributed by atoms with van der Waals surface area (Å²) in [5.41, 5.74) is 7.57. The van der Waals surface area contributed by atoms with E-state index in [1.807, 2.05) is 42.8 Å². The fourth-order valence-electron chi connectivity index (χ4n) is 3.32. The second kappa shape index (κ2) is 7.42. The van der Waals surface area contributed by atoms with Crippen molar-refractivity contribution in [2.75, 3.05) is 5.32 Å². The van der Waals surface area contributed by atoms with Gasteiger partial charge in [0.15, 0.2) is 0 Å². The standard InChI is InChI=1S/C20H22N6O3/c1-11(2)28-16-7-14(6-15(9-16)23-20(21)27)17-10-22-18-8-13(4-5-26(17)18)19-25-24-12(3)29-19/h4-7,9-11,13H,8H2,1-3H3,(H3,21,23,27). The van der Waals surface area contributed by atoms with Crippen molar-refractivity contribution in [1.29, 1.82) is 0 Å². The average Bonchev–Trinajstić information content (AvgIpc) is 3.26. The zero-order valence-electron chi connectivity index (χ0n) is 16.4. The van der Waals surface area contributed by atoms with Crippen LogP contribution in [0.25, 0.3) is 17.5 Å². The van der Waals surface area contributed by atoms with Crippen LogP contribution in [0.2, 0.25) is 0 Å². The molecule has 0 aliphatic carbocycles. The number of ether oxygens (including phenoxy) is 1. The van der Waals surface area contributed by atoms with Crippen LogP contribution in [0.5, 0.6) is 5.75 Å². The molecule has 150 valence electrons. The van der Waals surface area contributed by atoms with Crippen LogP contribution < -0.4 is 15.8 Å². The number of rotatable bonds is 5. The van der Waals surface area contributed by atoms with E-state index in [2.05, 4.69) is 20.5 Å². The monoisotopic (exact) mass is 394 g/mol. The molecule has 2 amide bonds. The number of hydrogen-bond donors (Lipinski definition) is 2. The van der Waals surface area contributed by atoms with Crippen LogP contribution in [0, 0.1) is 6.92 Å². The van der Waals surface area contributed by atoms with Crippen molar-refractivity contribution in [3.05, 3.63) is 48.1 Å². The molecule has 3 heterocycles.